The van der Waals surface area contributed by atoms with Crippen LogP contribution >= 0.6 is 0 Å². The van der Waals surface area contributed by atoms with Gasteiger partial charge in [-0.3, -0.25) is 4.79 Å². The van der Waals surface area contributed by atoms with Crippen molar-refractivity contribution in [3.05, 3.63) is 0 Å². The minimum atomic E-state index is -3.46. The summed E-state index contributed by atoms with van der Waals surface area (Å²) in [6.45, 7) is 1.54. The Kier molecular flexibility index (Phi) is 4.24. The van der Waals surface area contributed by atoms with E-state index in [9.17, 15) is 13.2 Å². The van der Waals surface area contributed by atoms with Gasteiger partial charge in [0, 0.05) is 19.8 Å². The van der Waals surface area contributed by atoms with E-state index in [2.05, 4.69) is 0 Å². The van der Waals surface area contributed by atoms with Gasteiger partial charge in [-0.25, -0.2) is 8.42 Å². The van der Waals surface area contributed by atoms with Crippen LogP contribution in [0.5, 0.6) is 0 Å². The van der Waals surface area contributed by atoms with E-state index in [4.69, 9.17) is 9.84 Å². The number of aliphatic carboxylic acids is 1. The summed E-state index contributed by atoms with van der Waals surface area (Å²) in [5, 5.41) is 9.03. The van der Waals surface area contributed by atoms with Crippen molar-refractivity contribution in [1.82, 2.24) is 4.31 Å². The number of rotatable bonds is 4. The standard InChI is InChI=1S/C11H19NO5S/c13-11(14)10-2-1-5-12(10)18(15,16)8-9-3-6-17-7-4-9/h9-10H,1-8H2,(H,13,14). The Hall–Kier alpha value is -0.660. The molecular weight excluding hydrogens is 258 g/mol. The number of nitrogens with zero attached hydrogens (tertiary/aromatic N) is 1. The largest absolute Gasteiger partial charge is 0.480 e. The van der Waals surface area contributed by atoms with Gasteiger partial charge in [-0.15, -0.1) is 0 Å². The van der Waals surface area contributed by atoms with E-state index in [0.29, 0.717) is 32.6 Å². The topological polar surface area (TPSA) is 83.9 Å². The molecular formula is C11H19NO5S. The second-order valence-corrected chi connectivity index (χ2v) is 6.91. The van der Waals surface area contributed by atoms with E-state index in [1.807, 2.05) is 0 Å². The van der Waals surface area contributed by atoms with Gasteiger partial charge in [-0.05, 0) is 31.6 Å². The lowest BCUT2D eigenvalue weighted by Gasteiger charge is -2.26. The highest BCUT2D eigenvalue weighted by molar-refractivity contribution is 7.89. The van der Waals surface area contributed by atoms with E-state index < -0.39 is 22.0 Å². The summed E-state index contributed by atoms with van der Waals surface area (Å²) in [6, 6.07) is -0.866. The summed E-state index contributed by atoms with van der Waals surface area (Å²) in [7, 11) is -3.46. The van der Waals surface area contributed by atoms with Gasteiger partial charge in [0.2, 0.25) is 10.0 Å². The number of carboxylic acids is 1. The zero-order valence-corrected chi connectivity index (χ0v) is 11.1. The molecule has 2 fully saturated rings. The fourth-order valence-corrected chi connectivity index (χ4v) is 4.74. The molecule has 1 unspecified atom stereocenters. The third-order valence-electron chi connectivity index (χ3n) is 3.63. The first kappa shape index (κ1) is 13.8. The summed E-state index contributed by atoms with van der Waals surface area (Å²) in [6.07, 6.45) is 2.53. The first-order valence-electron chi connectivity index (χ1n) is 6.31. The van der Waals surface area contributed by atoms with Crippen molar-refractivity contribution in [3.8, 4) is 0 Å². The van der Waals surface area contributed by atoms with Crippen LogP contribution in [0.25, 0.3) is 0 Å². The molecule has 0 aliphatic carbocycles. The van der Waals surface area contributed by atoms with Crippen molar-refractivity contribution in [3.63, 3.8) is 0 Å². The zero-order valence-electron chi connectivity index (χ0n) is 10.2. The van der Waals surface area contributed by atoms with Gasteiger partial charge in [-0.2, -0.15) is 4.31 Å². The molecule has 104 valence electrons. The molecule has 0 spiro atoms. The van der Waals surface area contributed by atoms with E-state index in [0.717, 1.165) is 12.8 Å². The Bertz CT molecular complexity index is 402. The van der Waals surface area contributed by atoms with E-state index in [-0.39, 0.29) is 11.7 Å². The third-order valence-corrected chi connectivity index (χ3v) is 5.68. The van der Waals surface area contributed by atoms with Gasteiger partial charge >= 0.3 is 5.97 Å². The number of hydrogen-bond donors (Lipinski definition) is 1. The molecule has 1 N–H and O–H groups in total. The van der Waals surface area contributed by atoms with Crippen molar-refractivity contribution in [2.24, 2.45) is 5.92 Å². The molecule has 2 saturated heterocycles. The first-order valence-corrected chi connectivity index (χ1v) is 7.91. The quantitative estimate of drug-likeness (QED) is 0.798. The molecule has 2 heterocycles. The summed E-state index contributed by atoms with van der Waals surface area (Å²) in [5.74, 6) is -0.887. The number of carbonyl (C=O) groups is 1. The SMILES string of the molecule is O=C(O)C1CCCN1S(=O)(=O)CC1CCOCC1. The number of hydrogen-bond acceptors (Lipinski definition) is 4. The molecule has 0 bridgehead atoms. The molecule has 2 rings (SSSR count). The lowest BCUT2D eigenvalue weighted by Crippen LogP contribution is -2.43. The molecule has 0 aromatic carbocycles. The molecule has 0 radical (unpaired) electrons. The van der Waals surface area contributed by atoms with Crippen molar-refractivity contribution in [2.75, 3.05) is 25.5 Å². The maximum Gasteiger partial charge on any atom is 0.322 e. The van der Waals surface area contributed by atoms with Crippen LogP contribution in [0.4, 0.5) is 0 Å². The molecule has 7 heteroatoms. The van der Waals surface area contributed by atoms with E-state index >= 15 is 0 Å². The number of sulfonamides is 1. The predicted octanol–water partition coefficient (Wildman–Crippen LogP) is 0.292. The molecule has 2 aliphatic rings. The maximum absolute atomic E-state index is 12.2. The monoisotopic (exact) mass is 277 g/mol. The predicted molar refractivity (Wildman–Crippen MR) is 64.7 cm³/mol. The summed E-state index contributed by atoms with van der Waals surface area (Å²) < 4.78 is 30.8. The smallest absolute Gasteiger partial charge is 0.322 e. The van der Waals surface area contributed by atoms with Crippen LogP contribution in [-0.2, 0) is 19.6 Å². The summed E-state index contributed by atoms with van der Waals surface area (Å²) in [5.41, 5.74) is 0. The van der Waals surface area contributed by atoms with Crippen LogP contribution in [0.15, 0.2) is 0 Å². The minimum Gasteiger partial charge on any atom is -0.480 e. The second kappa shape index (κ2) is 5.54. The van der Waals surface area contributed by atoms with Crippen LogP contribution in [0, 0.1) is 5.92 Å². The van der Waals surface area contributed by atoms with Crippen LogP contribution in [0.2, 0.25) is 0 Å². The summed E-state index contributed by atoms with van der Waals surface area (Å²) in [4.78, 5) is 11.0. The first-order chi connectivity index (χ1) is 8.50. The van der Waals surface area contributed by atoms with Crippen LogP contribution in [0.1, 0.15) is 25.7 Å². The highest BCUT2D eigenvalue weighted by Crippen LogP contribution is 2.25. The van der Waals surface area contributed by atoms with Gasteiger partial charge in [0.05, 0.1) is 5.75 Å². The summed E-state index contributed by atoms with van der Waals surface area (Å²) >= 11 is 0. The van der Waals surface area contributed by atoms with Gasteiger partial charge in [0.15, 0.2) is 0 Å². The van der Waals surface area contributed by atoms with Crippen molar-refractivity contribution in [1.29, 1.82) is 0 Å². The molecule has 0 amide bonds. The molecule has 2 aliphatic heterocycles. The molecule has 0 aromatic rings. The number of ether oxygens (including phenoxy) is 1. The van der Waals surface area contributed by atoms with Gasteiger partial charge in [0.1, 0.15) is 6.04 Å². The minimum absolute atomic E-state index is 0.0557. The van der Waals surface area contributed by atoms with Gasteiger partial charge in [0.25, 0.3) is 0 Å². The Balaban J connectivity index is 2.03. The van der Waals surface area contributed by atoms with E-state index in [1.54, 1.807) is 0 Å². The molecule has 18 heavy (non-hydrogen) atoms. The average molecular weight is 277 g/mol. The number of carboxylic acid groups (broad SMARTS) is 1. The fourth-order valence-electron chi connectivity index (χ4n) is 2.63. The Morgan fingerprint density at radius 1 is 1.28 bits per heavy atom. The average Bonchev–Trinajstić information content (AvgIpc) is 2.79. The van der Waals surface area contributed by atoms with E-state index in [1.165, 1.54) is 4.31 Å². The Morgan fingerprint density at radius 2 is 1.94 bits per heavy atom. The Morgan fingerprint density at radius 3 is 2.56 bits per heavy atom. The van der Waals surface area contributed by atoms with Crippen molar-refractivity contribution >= 4 is 16.0 Å². The Labute approximate surface area is 107 Å². The van der Waals surface area contributed by atoms with Crippen LogP contribution in [0.3, 0.4) is 0 Å². The molecule has 6 nitrogen and oxygen atoms in total. The second-order valence-electron chi connectivity index (χ2n) is 4.94. The third kappa shape index (κ3) is 3.02. The molecule has 1 atom stereocenters. The highest BCUT2D eigenvalue weighted by Gasteiger charge is 2.39. The molecule has 0 aromatic heterocycles. The van der Waals surface area contributed by atoms with Crippen molar-refractivity contribution < 1.29 is 23.1 Å². The van der Waals surface area contributed by atoms with Crippen LogP contribution < -0.4 is 0 Å². The van der Waals surface area contributed by atoms with Crippen LogP contribution in [-0.4, -0.2) is 55.4 Å². The lowest BCUT2D eigenvalue weighted by atomic mass is 10.0. The maximum atomic E-state index is 12.2. The van der Waals surface area contributed by atoms with Crippen molar-refractivity contribution in [2.45, 2.75) is 31.7 Å². The van der Waals surface area contributed by atoms with Gasteiger partial charge < -0.3 is 9.84 Å². The fraction of sp³-hybridized carbons (Fsp3) is 0.909. The van der Waals surface area contributed by atoms with Gasteiger partial charge in [-0.1, -0.05) is 0 Å². The lowest BCUT2D eigenvalue weighted by molar-refractivity contribution is -0.140. The normalized spacial score (nSPS) is 27.4. The zero-order chi connectivity index (χ0) is 13.2. The highest BCUT2D eigenvalue weighted by atomic mass is 32.2. The molecule has 0 saturated carbocycles.